The second-order valence-corrected chi connectivity index (χ2v) is 11.1. The van der Waals surface area contributed by atoms with Crippen LogP contribution in [-0.2, 0) is 0 Å². The summed E-state index contributed by atoms with van der Waals surface area (Å²) in [4.78, 5) is 16.5. The van der Waals surface area contributed by atoms with E-state index in [1.165, 1.54) is 34.7 Å². The molecule has 5 aromatic rings. The minimum absolute atomic E-state index is 0.330. The van der Waals surface area contributed by atoms with Crippen LogP contribution in [0.3, 0.4) is 0 Å². The molecule has 38 heavy (non-hydrogen) atoms. The van der Waals surface area contributed by atoms with E-state index in [0.717, 1.165) is 47.0 Å². The molecule has 2 aliphatic heterocycles. The van der Waals surface area contributed by atoms with Gasteiger partial charge in [0.15, 0.2) is 0 Å². The lowest BCUT2D eigenvalue weighted by molar-refractivity contribution is 0.564. The Morgan fingerprint density at radius 1 is 0.658 bits per heavy atom. The van der Waals surface area contributed by atoms with Gasteiger partial charge in [0.2, 0.25) is 0 Å². The Hall–Kier alpha value is -3.74. The number of nitrogens with one attached hydrogen (secondary N) is 4. The Bertz CT molecular complexity index is 1580. The molecular formula is C32H34N6. The number of hydrogen-bond donors (Lipinski definition) is 4. The maximum atomic E-state index is 4.90. The van der Waals surface area contributed by atoms with Crippen LogP contribution in [0.25, 0.3) is 44.4 Å². The molecule has 3 aromatic carbocycles. The number of rotatable bonds is 5. The van der Waals surface area contributed by atoms with Crippen molar-refractivity contribution in [2.24, 2.45) is 0 Å². The molecule has 4 atom stereocenters. The fourth-order valence-electron chi connectivity index (χ4n) is 6.04. The van der Waals surface area contributed by atoms with Gasteiger partial charge in [-0.3, -0.25) is 0 Å². The van der Waals surface area contributed by atoms with Gasteiger partial charge in [-0.15, -0.1) is 0 Å². The third kappa shape index (κ3) is 4.44. The van der Waals surface area contributed by atoms with Crippen molar-refractivity contribution in [3.63, 3.8) is 0 Å². The molecule has 0 spiro atoms. The molecule has 0 amide bonds. The second kappa shape index (κ2) is 9.53. The van der Waals surface area contributed by atoms with Crippen molar-refractivity contribution in [1.82, 2.24) is 30.6 Å². The number of nitrogens with zero attached hydrogens (tertiary/aromatic N) is 2. The summed E-state index contributed by atoms with van der Waals surface area (Å²) in [7, 11) is 0. The molecule has 4 heterocycles. The van der Waals surface area contributed by atoms with E-state index in [1.807, 2.05) is 12.4 Å². The molecule has 2 saturated heterocycles. The molecule has 2 fully saturated rings. The number of hydrogen-bond acceptors (Lipinski definition) is 4. The molecule has 0 radical (unpaired) electrons. The van der Waals surface area contributed by atoms with E-state index in [4.69, 9.17) is 4.98 Å². The van der Waals surface area contributed by atoms with Crippen LogP contribution in [0, 0.1) is 0 Å². The topological polar surface area (TPSA) is 81.4 Å². The first-order valence-electron chi connectivity index (χ1n) is 13.9. The molecule has 0 saturated carbocycles. The first kappa shape index (κ1) is 23.4. The molecule has 2 aromatic heterocycles. The van der Waals surface area contributed by atoms with E-state index in [-0.39, 0.29) is 0 Å². The Labute approximate surface area is 223 Å². The number of aromatic nitrogens is 4. The number of aromatic amines is 2. The van der Waals surface area contributed by atoms with Gasteiger partial charge >= 0.3 is 0 Å². The lowest BCUT2D eigenvalue weighted by Crippen LogP contribution is -2.21. The van der Waals surface area contributed by atoms with Crippen LogP contribution in [0.5, 0.6) is 0 Å². The summed E-state index contributed by atoms with van der Waals surface area (Å²) in [5.41, 5.74) is 6.80. The average molecular weight is 503 g/mol. The largest absolute Gasteiger partial charge is 0.347 e. The van der Waals surface area contributed by atoms with E-state index in [0.29, 0.717) is 24.2 Å². The molecule has 192 valence electrons. The fourth-order valence-corrected chi connectivity index (χ4v) is 6.04. The normalized spacial score (nSPS) is 23.4. The third-order valence-electron chi connectivity index (χ3n) is 8.27. The maximum Gasteiger partial charge on any atom is 0.124 e. The van der Waals surface area contributed by atoms with Gasteiger partial charge in [0.05, 0.1) is 29.7 Å². The number of imidazole rings is 2. The number of benzene rings is 3. The first-order chi connectivity index (χ1) is 18.6. The summed E-state index contributed by atoms with van der Waals surface area (Å²) in [6.07, 6.45) is 8.65. The lowest BCUT2D eigenvalue weighted by Gasteiger charge is -2.09. The molecule has 0 aliphatic carbocycles. The summed E-state index contributed by atoms with van der Waals surface area (Å²) in [6, 6.07) is 23.9. The van der Waals surface area contributed by atoms with Crippen LogP contribution >= 0.6 is 0 Å². The SMILES string of the molecule is C[C@@H]1CC[C@@H](c2nc(-c3ccc4cc(-c5ccc(-c6cnc([C@@H]7CC[C@@H](C)N7)[nH]6)cc5)ccc4c3)c[nH]2)N1. The number of fused-ring (bicyclic) bond motifs is 1. The highest BCUT2D eigenvalue weighted by molar-refractivity contribution is 5.90. The van der Waals surface area contributed by atoms with Crippen molar-refractivity contribution in [2.75, 3.05) is 0 Å². The van der Waals surface area contributed by atoms with Crippen LogP contribution < -0.4 is 10.6 Å². The van der Waals surface area contributed by atoms with E-state index in [2.05, 4.69) is 100 Å². The summed E-state index contributed by atoms with van der Waals surface area (Å²) >= 11 is 0. The molecule has 7 rings (SSSR count). The van der Waals surface area contributed by atoms with Crippen LogP contribution in [0.2, 0.25) is 0 Å². The van der Waals surface area contributed by atoms with Crippen LogP contribution in [0.15, 0.2) is 73.1 Å². The average Bonchev–Trinajstić information content (AvgIpc) is 3.75. The minimum Gasteiger partial charge on any atom is -0.347 e. The number of H-pyrrole nitrogens is 2. The molecule has 0 unspecified atom stereocenters. The van der Waals surface area contributed by atoms with Crippen molar-refractivity contribution in [1.29, 1.82) is 0 Å². The van der Waals surface area contributed by atoms with Gasteiger partial charge in [-0.2, -0.15) is 0 Å². The zero-order valence-corrected chi connectivity index (χ0v) is 22.0. The molecule has 6 heteroatoms. The van der Waals surface area contributed by atoms with Gasteiger partial charge in [0, 0.05) is 23.8 Å². The highest BCUT2D eigenvalue weighted by Crippen LogP contribution is 2.32. The van der Waals surface area contributed by atoms with Gasteiger partial charge in [0.25, 0.3) is 0 Å². The molecular weight excluding hydrogens is 468 g/mol. The summed E-state index contributed by atoms with van der Waals surface area (Å²) in [5, 5.41) is 9.67. The predicted molar refractivity (Wildman–Crippen MR) is 154 cm³/mol. The van der Waals surface area contributed by atoms with Crippen molar-refractivity contribution in [2.45, 2.75) is 63.7 Å². The Balaban J connectivity index is 1.09. The summed E-state index contributed by atoms with van der Waals surface area (Å²) < 4.78 is 0. The molecule has 6 nitrogen and oxygen atoms in total. The predicted octanol–water partition coefficient (Wildman–Crippen LogP) is 6.91. The minimum atomic E-state index is 0.330. The van der Waals surface area contributed by atoms with Gasteiger partial charge < -0.3 is 20.6 Å². The summed E-state index contributed by atoms with van der Waals surface area (Å²) in [6.45, 7) is 4.47. The third-order valence-corrected chi connectivity index (χ3v) is 8.27. The van der Waals surface area contributed by atoms with Crippen molar-refractivity contribution >= 4 is 10.8 Å². The van der Waals surface area contributed by atoms with Crippen molar-refractivity contribution < 1.29 is 0 Å². The maximum absolute atomic E-state index is 4.90. The highest BCUT2D eigenvalue weighted by Gasteiger charge is 2.25. The highest BCUT2D eigenvalue weighted by atomic mass is 15.1. The van der Waals surface area contributed by atoms with Gasteiger partial charge in [-0.1, -0.05) is 48.5 Å². The van der Waals surface area contributed by atoms with Crippen LogP contribution in [-0.4, -0.2) is 32.0 Å². The molecule has 0 bridgehead atoms. The lowest BCUT2D eigenvalue weighted by atomic mass is 9.98. The van der Waals surface area contributed by atoms with Gasteiger partial charge in [-0.05, 0) is 79.1 Å². The molecule has 4 N–H and O–H groups in total. The van der Waals surface area contributed by atoms with Crippen LogP contribution in [0.4, 0.5) is 0 Å². The Morgan fingerprint density at radius 3 is 1.95 bits per heavy atom. The standard InChI is InChI=1S/C32H34N6/c1-19-3-13-27(35-19)31-33-17-29(37-31)22-7-5-21(6-8-22)23-9-10-25-16-26(12-11-24(25)15-23)30-18-34-32(38-30)28-14-4-20(2)36-28/h5-12,15-20,27-28,35-36H,3-4,13-14H2,1-2H3,(H,33,37)(H,34,38)/t19-,20-,27+,28+/m1/s1. The van der Waals surface area contributed by atoms with E-state index < -0.39 is 0 Å². The second-order valence-electron chi connectivity index (χ2n) is 11.1. The van der Waals surface area contributed by atoms with E-state index in [1.54, 1.807) is 0 Å². The zero-order valence-electron chi connectivity index (χ0n) is 22.0. The Morgan fingerprint density at radius 2 is 1.26 bits per heavy atom. The smallest absolute Gasteiger partial charge is 0.124 e. The van der Waals surface area contributed by atoms with E-state index >= 15 is 0 Å². The zero-order chi connectivity index (χ0) is 25.6. The fraction of sp³-hybridized carbons (Fsp3) is 0.312. The van der Waals surface area contributed by atoms with Crippen molar-refractivity contribution in [3.05, 3.63) is 84.7 Å². The Kier molecular flexibility index (Phi) is 5.87. The van der Waals surface area contributed by atoms with Gasteiger partial charge in [-0.25, -0.2) is 9.97 Å². The van der Waals surface area contributed by atoms with Crippen LogP contribution in [0.1, 0.15) is 63.3 Å². The quantitative estimate of drug-likeness (QED) is 0.210. The van der Waals surface area contributed by atoms with Crippen molar-refractivity contribution in [3.8, 4) is 33.6 Å². The molecule has 2 aliphatic rings. The van der Waals surface area contributed by atoms with E-state index in [9.17, 15) is 0 Å². The monoisotopic (exact) mass is 502 g/mol. The first-order valence-corrected chi connectivity index (χ1v) is 13.9. The van der Waals surface area contributed by atoms with Gasteiger partial charge in [0.1, 0.15) is 11.6 Å². The summed E-state index contributed by atoms with van der Waals surface area (Å²) in [5.74, 6) is 2.08.